The maximum absolute atomic E-state index is 12.0. The van der Waals surface area contributed by atoms with Crippen molar-refractivity contribution < 1.29 is 9.53 Å². The fourth-order valence-corrected chi connectivity index (χ4v) is 3.60. The van der Waals surface area contributed by atoms with E-state index in [-0.39, 0.29) is 6.04 Å². The van der Waals surface area contributed by atoms with E-state index < -0.39 is 11.7 Å². The van der Waals surface area contributed by atoms with E-state index in [0.717, 1.165) is 31.0 Å². The summed E-state index contributed by atoms with van der Waals surface area (Å²) in [6, 6.07) is 18.1. The van der Waals surface area contributed by atoms with Gasteiger partial charge in [-0.05, 0) is 54.5 Å². The number of benzene rings is 2. The van der Waals surface area contributed by atoms with Gasteiger partial charge in [0.2, 0.25) is 0 Å². The number of nitrogens with zero attached hydrogens (tertiary/aromatic N) is 5. The first-order chi connectivity index (χ1) is 14.4. The number of tetrazole rings is 1. The maximum atomic E-state index is 12.0. The molecule has 1 amide bonds. The molecule has 0 saturated carbocycles. The monoisotopic (exact) mass is 406 g/mol. The largest absolute Gasteiger partial charge is 0.444 e. The SMILES string of the molecule is CC(C)(C)OC(=O)Nc1ccc(C2c3nnnn3CCN2Cc2ccccc2)cc1. The number of hydrogen-bond acceptors (Lipinski definition) is 6. The lowest BCUT2D eigenvalue weighted by atomic mass is 10.0. The molecule has 8 heteroatoms. The Morgan fingerprint density at radius 1 is 1.10 bits per heavy atom. The number of rotatable bonds is 4. The lowest BCUT2D eigenvalue weighted by molar-refractivity contribution is 0.0636. The molecule has 0 spiro atoms. The minimum atomic E-state index is -0.541. The van der Waals surface area contributed by atoms with Gasteiger partial charge in [0.25, 0.3) is 0 Å². The first-order valence-corrected chi connectivity index (χ1v) is 10.0. The van der Waals surface area contributed by atoms with E-state index in [9.17, 15) is 4.79 Å². The van der Waals surface area contributed by atoms with Gasteiger partial charge in [0, 0.05) is 18.8 Å². The molecule has 156 valence electrons. The van der Waals surface area contributed by atoms with Crippen LogP contribution in [-0.4, -0.2) is 43.3 Å². The number of amides is 1. The number of ether oxygens (including phenoxy) is 1. The van der Waals surface area contributed by atoms with Gasteiger partial charge in [-0.15, -0.1) is 5.10 Å². The predicted octanol–water partition coefficient (Wildman–Crippen LogP) is 3.63. The molecule has 0 aliphatic carbocycles. The first-order valence-electron chi connectivity index (χ1n) is 10.0. The molecule has 0 saturated heterocycles. The van der Waals surface area contributed by atoms with Gasteiger partial charge in [-0.25, -0.2) is 9.48 Å². The Kier molecular flexibility index (Phi) is 5.50. The lowest BCUT2D eigenvalue weighted by Crippen LogP contribution is -2.39. The van der Waals surface area contributed by atoms with Crippen molar-refractivity contribution in [2.24, 2.45) is 0 Å². The standard InChI is InChI=1S/C22H26N6O2/c1-22(2,3)30-21(29)23-18-11-9-17(10-12-18)19-20-24-25-26-28(20)14-13-27(19)15-16-7-5-4-6-8-16/h4-12,19H,13-15H2,1-3H3,(H,23,29). The van der Waals surface area contributed by atoms with Gasteiger partial charge in [0.15, 0.2) is 5.82 Å². The summed E-state index contributed by atoms with van der Waals surface area (Å²) >= 11 is 0. The smallest absolute Gasteiger partial charge is 0.412 e. The number of nitrogens with one attached hydrogen (secondary N) is 1. The molecule has 1 unspecified atom stereocenters. The van der Waals surface area contributed by atoms with Crippen LogP contribution in [-0.2, 0) is 17.8 Å². The molecule has 1 aromatic heterocycles. The van der Waals surface area contributed by atoms with Crippen molar-refractivity contribution in [2.45, 2.75) is 45.5 Å². The Balaban J connectivity index is 1.55. The van der Waals surface area contributed by atoms with E-state index in [1.807, 2.05) is 55.8 Å². The highest BCUT2D eigenvalue weighted by Crippen LogP contribution is 2.32. The molecule has 0 radical (unpaired) electrons. The molecule has 4 rings (SSSR count). The molecule has 1 atom stereocenters. The van der Waals surface area contributed by atoms with Crippen molar-refractivity contribution in [3.63, 3.8) is 0 Å². The highest BCUT2D eigenvalue weighted by molar-refractivity contribution is 5.84. The Hall–Kier alpha value is -3.26. The van der Waals surface area contributed by atoms with Crippen LogP contribution in [0.2, 0.25) is 0 Å². The van der Waals surface area contributed by atoms with Crippen LogP contribution in [0.3, 0.4) is 0 Å². The van der Waals surface area contributed by atoms with Gasteiger partial charge in [-0.1, -0.05) is 42.5 Å². The Bertz CT molecular complexity index is 994. The topological polar surface area (TPSA) is 85.2 Å². The van der Waals surface area contributed by atoms with Crippen LogP contribution in [0.4, 0.5) is 10.5 Å². The minimum absolute atomic E-state index is 0.0652. The maximum Gasteiger partial charge on any atom is 0.412 e. The zero-order valence-corrected chi connectivity index (χ0v) is 17.4. The van der Waals surface area contributed by atoms with Crippen LogP contribution >= 0.6 is 0 Å². The summed E-state index contributed by atoms with van der Waals surface area (Å²) in [5.74, 6) is 0.824. The summed E-state index contributed by atoms with van der Waals surface area (Å²) in [7, 11) is 0. The molecule has 1 aliphatic rings. The number of aromatic nitrogens is 4. The van der Waals surface area contributed by atoms with Crippen LogP contribution in [0, 0.1) is 0 Å². The molecule has 2 aromatic carbocycles. The van der Waals surface area contributed by atoms with Crippen molar-refractivity contribution in [3.8, 4) is 0 Å². The van der Waals surface area contributed by atoms with E-state index in [1.54, 1.807) is 0 Å². The number of fused-ring (bicyclic) bond motifs is 1. The van der Waals surface area contributed by atoms with E-state index in [0.29, 0.717) is 5.69 Å². The molecule has 1 aliphatic heterocycles. The summed E-state index contributed by atoms with van der Waals surface area (Å²) in [5, 5.41) is 15.1. The summed E-state index contributed by atoms with van der Waals surface area (Å²) in [6.07, 6.45) is -0.470. The average molecular weight is 406 g/mol. The predicted molar refractivity (Wildman–Crippen MR) is 113 cm³/mol. The molecule has 30 heavy (non-hydrogen) atoms. The molecule has 1 N–H and O–H groups in total. The Labute approximate surface area is 175 Å². The van der Waals surface area contributed by atoms with Gasteiger partial charge in [0.05, 0.1) is 12.6 Å². The summed E-state index contributed by atoms with van der Waals surface area (Å²) < 4.78 is 7.18. The van der Waals surface area contributed by atoms with E-state index in [2.05, 4.69) is 50.0 Å². The Morgan fingerprint density at radius 2 is 1.83 bits per heavy atom. The van der Waals surface area contributed by atoms with Gasteiger partial charge in [-0.3, -0.25) is 10.2 Å². The molecule has 2 heterocycles. The third-order valence-corrected chi connectivity index (χ3v) is 4.87. The highest BCUT2D eigenvalue weighted by atomic mass is 16.6. The van der Waals surface area contributed by atoms with Gasteiger partial charge in [-0.2, -0.15) is 0 Å². The van der Waals surface area contributed by atoms with Crippen LogP contribution < -0.4 is 5.32 Å². The number of anilines is 1. The average Bonchev–Trinajstić information content (AvgIpc) is 3.17. The third-order valence-electron chi connectivity index (χ3n) is 4.87. The zero-order chi connectivity index (χ0) is 21.1. The van der Waals surface area contributed by atoms with Crippen LogP contribution in [0.5, 0.6) is 0 Å². The quantitative estimate of drug-likeness (QED) is 0.712. The minimum Gasteiger partial charge on any atom is -0.444 e. The zero-order valence-electron chi connectivity index (χ0n) is 17.4. The Morgan fingerprint density at radius 3 is 2.53 bits per heavy atom. The second kappa shape index (κ2) is 8.23. The van der Waals surface area contributed by atoms with Crippen molar-refractivity contribution in [1.29, 1.82) is 0 Å². The number of carbonyl (C=O) groups excluding carboxylic acids is 1. The normalized spacial score (nSPS) is 16.7. The van der Waals surface area contributed by atoms with Gasteiger partial charge >= 0.3 is 6.09 Å². The van der Waals surface area contributed by atoms with E-state index >= 15 is 0 Å². The van der Waals surface area contributed by atoms with Crippen molar-refractivity contribution in [1.82, 2.24) is 25.1 Å². The molecular weight excluding hydrogens is 380 g/mol. The molecule has 0 fully saturated rings. The first kappa shape index (κ1) is 20.0. The number of carbonyl (C=O) groups is 1. The molecule has 0 bridgehead atoms. The van der Waals surface area contributed by atoms with Crippen LogP contribution in [0.1, 0.15) is 43.8 Å². The summed E-state index contributed by atoms with van der Waals surface area (Å²) in [6.45, 7) is 7.91. The molecular formula is C22H26N6O2. The van der Waals surface area contributed by atoms with Crippen LogP contribution in [0.15, 0.2) is 54.6 Å². The highest BCUT2D eigenvalue weighted by Gasteiger charge is 2.31. The second-order valence-corrected chi connectivity index (χ2v) is 8.37. The van der Waals surface area contributed by atoms with Crippen molar-refractivity contribution in [3.05, 3.63) is 71.5 Å². The fourth-order valence-electron chi connectivity index (χ4n) is 3.60. The van der Waals surface area contributed by atoms with E-state index in [1.165, 1.54) is 5.56 Å². The second-order valence-electron chi connectivity index (χ2n) is 8.37. The van der Waals surface area contributed by atoms with Gasteiger partial charge in [0.1, 0.15) is 5.60 Å². The lowest BCUT2D eigenvalue weighted by Gasteiger charge is -2.35. The fraction of sp³-hybridized carbons (Fsp3) is 0.364. The molecule has 3 aromatic rings. The van der Waals surface area contributed by atoms with Crippen LogP contribution in [0.25, 0.3) is 0 Å². The number of hydrogen-bond donors (Lipinski definition) is 1. The third kappa shape index (κ3) is 4.65. The molecule has 8 nitrogen and oxygen atoms in total. The van der Waals surface area contributed by atoms with Gasteiger partial charge < -0.3 is 4.74 Å². The van der Waals surface area contributed by atoms with E-state index in [4.69, 9.17) is 4.74 Å². The van der Waals surface area contributed by atoms with Crippen molar-refractivity contribution in [2.75, 3.05) is 11.9 Å². The summed E-state index contributed by atoms with van der Waals surface area (Å²) in [5.41, 5.74) is 2.45. The summed E-state index contributed by atoms with van der Waals surface area (Å²) in [4.78, 5) is 14.4. The van der Waals surface area contributed by atoms with Crippen molar-refractivity contribution >= 4 is 11.8 Å².